The highest BCUT2D eigenvalue weighted by Gasteiger charge is 2.21. The van der Waals surface area contributed by atoms with Crippen LogP contribution in [0.4, 0.5) is 0 Å². The normalized spacial score (nSPS) is 17.1. The highest BCUT2D eigenvalue weighted by atomic mass is 16.5. The van der Waals surface area contributed by atoms with Crippen molar-refractivity contribution in [1.29, 1.82) is 5.26 Å². The minimum Gasteiger partial charge on any atom is -0.496 e. The molecular formula is C16H17N3O2. The molecule has 1 aromatic carbocycles. The van der Waals surface area contributed by atoms with Crippen molar-refractivity contribution in [3.63, 3.8) is 0 Å². The number of aliphatic hydroxyl groups is 1. The zero-order chi connectivity index (χ0) is 14.8. The Morgan fingerprint density at radius 2 is 2.38 bits per heavy atom. The molecule has 3 rings (SSSR count). The molecule has 21 heavy (non-hydrogen) atoms. The van der Waals surface area contributed by atoms with E-state index >= 15 is 0 Å². The number of hydrogen-bond donors (Lipinski definition) is 1. The van der Waals surface area contributed by atoms with E-state index in [9.17, 15) is 5.11 Å². The Morgan fingerprint density at radius 1 is 1.52 bits per heavy atom. The van der Waals surface area contributed by atoms with Crippen molar-refractivity contribution >= 4 is 0 Å². The van der Waals surface area contributed by atoms with Crippen molar-refractivity contribution in [2.24, 2.45) is 0 Å². The van der Waals surface area contributed by atoms with Crippen LogP contribution in [0.15, 0.2) is 24.4 Å². The van der Waals surface area contributed by atoms with E-state index in [2.05, 4.69) is 11.2 Å². The molecule has 0 amide bonds. The molecule has 0 radical (unpaired) electrons. The second kappa shape index (κ2) is 5.58. The summed E-state index contributed by atoms with van der Waals surface area (Å²) >= 11 is 0. The van der Waals surface area contributed by atoms with E-state index in [0.717, 1.165) is 29.8 Å². The molecule has 1 unspecified atom stereocenters. The maximum Gasteiger partial charge on any atom is 0.124 e. The molecule has 5 heteroatoms. The molecule has 1 aliphatic rings. The van der Waals surface area contributed by atoms with Crippen molar-refractivity contribution < 1.29 is 9.84 Å². The van der Waals surface area contributed by atoms with Gasteiger partial charge < -0.3 is 9.84 Å². The Morgan fingerprint density at radius 3 is 3.14 bits per heavy atom. The number of aromatic nitrogens is 2. The van der Waals surface area contributed by atoms with Gasteiger partial charge in [0.05, 0.1) is 37.6 Å². The van der Waals surface area contributed by atoms with Gasteiger partial charge in [0.2, 0.25) is 0 Å². The Balaban J connectivity index is 1.94. The third-order valence-electron chi connectivity index (χ3n) is 3.94. The first-order chi connectivity index (χ1) is 10.2. The van der Waals surface area contributed by atoms with E-state index in [1.807, 2.05) is 16.9 Å². The first-order valence-corrected chi connectivity index (χ1v) is 7.00. The fourth-order valence-electron chi connectivity index (χ4n) is 2.81. The van der Waals surface area contributed by atoms with Crippen LogP contribution in [-0.4, -0.2) is 28.1 Å². The number of benzene rings is 1. The number of hydrogen-bond acceptors (Lipinski definition) is 4. The van der Waals surface area contributed by atoms with Gasteiger partial charge in [0, 0.05) is 17.7 Å². The SMILES string of the molecule is COc1ccc(C#N)cc1Cn1ncc2c1CC(O)CC2. The number of methoxy groups -OCH3 is 1. The second-order valence-electron chi connectivity index (χ2n) is 5.31. The van der Waals surface area contributed by atoms with Crippen molar-refractivity contribution in [2.75, 3.05) is 7.11 Å². The molecule has 0 spiro atoms. The predicted octanol–water partition coefficient (Wildman–Crippen LogP) is 1.66. The number of nitriles is 1. The van der Waals surface area contributed by atoms with Crippen molar-refractivity contribution in [3.05, 3.63) is 46.8 Å². The molecular weight excluding hydrogens is 266 g/mol. The largest absolute Gasteiger partial charge is 0.496 e. The maximum atomic E-state index is 9.84. The van der Waals surface area contributed by atoms with Crippen LogP contribution in [0.5, 0.6) is 5.75 Å². The van der Waals surface area contributed by atoms with E-state index in [0.29, 0.717) is 18.5 Å². The topological polar surface area (TPSA) is 71.1 Å². The molecule has 108 valence electrons. The van der Waals surface area contributed by atoms with Gasteiger partial charge >= 0.3 is 0 Å². The van der Waals surface area contributed by atoms with Gasteiger partial charge in [-0.25, -0.2) is 0 Å². The summed E-state index contributed by atoms with van der Waals surface area (Å²) in [5.41, 5.74) is 3.81. The van der Waals surface area contributed by atoms with E-state index in [1.54, 1.807) is 19.2 Å². The van der Waals surface area contributed by atoms with Crippen LogP contribution in [0, 0.1) is 11.3 Å². The molecule has 1 heterocycles. The molecule has 0 fully saturated rings. The van der Waals surface area contributed by atoms with Crippen LogP contribution >= 0.6 is 0 Å². The Hall–Kier alpha value is -2.32. The summed E-state index contributed by atoms with van der Waals surface area (Å²) < 4.78 is 7.26. The zero-order valence-corrected chi connectivity index (χ0v) is 11.9. The van der Waals surface area contributed by atoms with E-state index in [-0.39, 0.29) is 6.10 Å². The van der Waals surface area contributed by atoms with Gasteiger partial charge in [0.15, 0.2) is 0 Å². The Kier molecular flexibility index (Phi) is 3.63. The summed E-state index contributed by atoms with van der Waals surface area (Å²) in [5.74, 6) is 0.745. The first-order valence-electron chi connectivity index (χ1n) is 7.00. The fourth-order valence-corrected chi connectivity index (χ4v) is 2.81. The maximum absolute atomic E-state index is 9.84. The minimum atomic E-state index is -0.291. The van der Waals surface area contributed by atoms with Crippen LogP contribution in [0.2, 0.25) is 0 Å². The summed E-state index contributed by atoms with van der Waals surface area (Å²) in [4.78, 5) is 0. The smallest absolute Gasteiger partial charge is 0.124 e. The quantitative estimate of drug-likeness (QED) is 0.930. The number of nitrogens with zero attached hydrogens (tertiary/aromatic N) is 3. The Bertz CT molecular complexity index is 700. The van der Waals surface area contributed by atoms with Crippen LogP contribution in [0.1, 0.15) is 28.8 Å². The Labute approximate surface area is 123 Å². The average Bonchev–Trinajstić information content (AvgIpc) is 2.89. The predicted molar refractivity (Wildman–Crippen MR) is 77.1 cm³/mol. The van der Waals surface area contributed by atoms with Crippen molar-refractivity contribution in [3.8, 4) is 11.8 Å². The van der Waals surface area contributed by atoms with Gasteiger partial charge in [0.25, 0.3) is 0 Å². The molecule has 1 atom stereocenters. The van der Waals surface area contributed by atoms with E-state index in [1.165, 1.54) is 5.56 Å². The zero-order valence-electron chi connectivity index (χ0n) is 11.9. The summed E-state index contributed by atoms with van der Waals surface area (Å²) in [6, 6.07) is 7.51. The van der Waals surface area contributed by atoms with Gasteiger partial charge in [-0.2, -0.15) is 10.4 Å². The summed E-state index contributed by atoms with van der Waals surface area (Å²) in [6.07, 6.45) is 3.88. The van der Waals surface area contributed by atoms with E-state index < -0.39 is 0 Å². The monoisotopic (exact) mass is 283 g/mol. The van der Waals surface area contributed by atoms with Crippen LogP contribution in [0.3, 0.4) is 0 Å². The van der Waals surface area contributed by atoms with Gasteiger partial charge in [-0.05, 0) is 36.6 Å². The number of rotatable bonds is 3. The summed E-state index contributed by atoms with van der Waals surface area (Å²) in [6.45, 7) is 0.542. The summed E-state index contributed by atoms with van der Waals surface area (Å²) in [5, 5.41) is 23.3. The number of aryl methyl sites for hydroxylation is 1. The van der Waals surface area contributed by atoms with Crippen molar-refractivity contribution in [1.82, 2.24) is 9.78 Å². The number of fused-ring (bicyclic) bond motifs is 1. The van der Waals surface area contributed by atoms with Gasteiger partial charge in [-0.15, -0.1) is 0 Å². The lowest BCUT2D eigenvalue weighted by Crippen LogP contribution is -2.21. The molecule has 5 nitrogen and oxygen atoms in total. The lowest BCUT2D eigenvalue weighted by molar-refractivity contribution is 0.155. The third kappa shape index (κ3) is 2.63. The molecule has 1 aromatic heterocycles. The number of ether oxygens (including phenoxy) is 1. The van der Waals surface area contributed by atoms with E-state index in [4.69, 9.17) is 10.00 Å². The van der Waals surface area contributed by atoms with Gasteiger partial charge in [-0.3, -0.25) is 4.68 Å². The summed E-state index contributed by atoms with van der Waals surface area (Å²) in [7, 11) is 1.62. The van der Waals surface area contributed by atoms with Crippen LogP contribution in [-0.2, 0) is 19.4 Å². The lowest BCUT2D eigenvalue weighted by Gasteiger charge is -2.19. The molecule has 0 aliphatic heterocycles. The highest BCUT2D eigenvalue weighted by Crippen LogP contribution is 2.25. The molecule has 1 N–H and O–H groups in total. The second-order valence-corrected chi connectivity index (χ2v) is 5.31. The molecule has 0 saturated carbocycles. The standard InChI is InChI=1S/C16H17N3O2/c1-21-16-5-2-11(8-17)6-13(16)10-19-15-7-14(20)4-3-12(15)9-18-19/h2,5-6,9,14,20H,3-4,7,10H2,1H3. The third-order valence-corrected chi connectivity index (χ3v) is 3.94. The first kappa shape index (κ1) is 13.7. The molecule has 0 bridgehead atoms. The van der Waals surface area contributed by atoms with Crippen LogP contribution in [0.25, 0.3) is 0 Å². The number of aliphatic hydroxyl groups excluding tert-OH is 1. The molecule has 1 aliphatic carbocycles. The fraction of sp³-hybridized carbons (Fsp3) is 0.375. The van der Waals surface area contributed by atoms with Gasteiger partial charge in [-0.1, -0.05) is 0 Å². The lowest BCUT2D eigenvalue weighted by atomic mass is 9.95. The van der Waals surface area contributed by atoms with Crippen LogP contribution < -0.4 is 4.74 Å². The van der Waals surface area contributed by atoms with Gasteiger partial charge in [0.1, 0.15) is 5.75 Å². The highest BCUT2D eigenvalue weighted by molar-refractivity contribution is 5.42. The molecule has 2 aromatic rings. The average molecular weight is 283 g/mol. The minimum absolute atomic E-state index is 0.291. The van der Waals surface area contributed by atoms with Crippen molar-refractivity contribution in [2.45, 2.75) is 31.9 Å². The molecule has 0 saturated heterocycles.